The third-order valence-electron chi connectivity index (χ3n) is 5.14. The van der Waals surface area contributed by atoms with Gasteiger partial charge in [0.05, 0.1) is 7.11 Å². The lowest BCUT2D eigenvalue weighted by Gasteiger charge is -2.04. The largest absolute Gasteiger partial charge is 0.497 e. The molecule has 4 rings (SSSR count). The summed E-state index contributed by atoms with van der Waals surface area (Å²) in [5.74, 6) is 0.822. The number of methoxy groups -OCH3 is 1. The average molecular weight is 376 g/mol. The van der Waals surface area contributed by atoms with Gasteiger partial charge in [-0.2, -0.15) is 0 Å². The van der Waals surface area contributed by atoms with Crippen LogP contribution < -0.4 is 10.4 Å². The number of carbonyl (C=O) groups is 1. The SMILES string of the molecule is CCc1c(C(=O)c2ccc(OC)cc2)oc2c(C)c3oc(=O)cc(C)c3cc12. The first-order valence-corrected chi connectivity index (χ1v) is 9.12. The van der Waals surface area contributed by atoms with E-state index in [1.807, 2.05) is 26.8 Å². The van der Waals surface area contributed by atoms with Gasteiger partial charge >= 0.3 is 5.63 Å². The highest BCUT2D eigenvalue weighted by atomic mass is 16.5. The Bertz CT molecular complexity index is 1270. The zero-order valence-electron chi connectivity index (χ0n) is 16.2. The maximum absolute atomic E-state index is 13.1. The summed E-state index contributed by atoms with van der Waals surface area (Å²) in [6.07, 6.45) is 0.644. The van der Waals surface area contributed by atoms with Gasteiger partial charge in [-0.05, 0) is 56.2 Å². The predicted molar refractivity (Wildman–Crippen MR) is 108 cm³/mol. The molecule has 5 nitrogen and oxygen atoms in total. The zero-order valence-corrected chi connectivity index (χ0v) is 16.2. The van der Waals surface area contributed by atoms with E-state index in [-0.39, 0.29) is 5.78 Å². The van der Waals surface area contributed by atoms with Gasteiger partial charge in [-0.1, -0.05) is 6.92 Å². The minimum absolute atomic E-state index is 0.183. The van der Waals surface area contributed by atoms with Crippen LogP contribution in [0.4, 0.5) is 0 Å². The van der Waals surface area contributed by atoms with E-state index in [2.05, 4.69) is 0 Å². The molecule has 142 valence electrons. The van der Waals surface area contributed by atoms with Gasteiger partial charge in [0.15, 0.2) is 5.76 Å². The third kappa shape index (κ3) is 2.71. The van der Waals surface area contributed by atoms with E-state index in [4.69, 9.17) is 13.6 Å². The van der Waals surface area contributed by atoms with E-state index < -0.39 is 5.63 Å². The number of rotatable bonds is 4. The molecule has 0 fully saturated rings. The lowest BCUT2D eigenvalue weighted by molar-refractivity contribution is 0.101. The molecule has 0 saturated heterocycles. The second kappa shape index (κ2) is 6.68. The van der Waals surface area contributed by atoms with Crippen LogP contribution in [-0.2, 0) is 6.42 Å². The topological polar surface area (TPSA) is 69.7 Å². The molecular weight excluding hydrogens is 356 g/mol. The van der Waals surface area contributed by atoms with E-state index in [1.165, 1.54) is 6.07 Å². The summed E-state index contributed by atoms with van der Waals surface area (Å²) >= 11 is 0. The maximum Gasteiger partial charge on any atom is 0.336 e. The van der Waals surface area contributed by atoms with Crippen molar-refractivity contribution < 1.29 is 18.4 Å². The van der Waals surface area contributed by atoms with Crippen LogP contribution in [0.1, 0.15) is 39.7 Å². The Balaban J connectivity index is 1.97. The highest BCUT2D eigenvalue weighted by molar-refractivity contribution is 6.12. The number of furan rings is 1. The second-order valence-electron chi connectivity index (χ2n) is 6.82. The molecule has 5 heteroatoms. The van der Waals surface area contributed by atoms with Gasteiger partial charge in [-0.15, -0.1) is 0 Å². The Kier molecular flexibility index (Phi) is 4.30. The number of fused-ring (bicyclic) bond motifs is 2. The second-order valence-corrected chi connectivity index (χ2v) is 6.82. The van der Waals surface area contributed by atoms with Gasteiger partial charge in [0.2, 0.25) is 5.78 Å². The summed E-state index contributed by atoms with van der Waals surface area (Å²) in [4.78, 5) is 24.9. The van der Waals surface area contributed by atoms with Crippen molar-refractivity contribution in [1.29, 1.82) is 0 Å². The molecule has 0 amide bonds. The van der Waals surface area contributed by atoms with Gasteiger partial charge in [0.1, 0.15) is 16.9 Å². The highest BCUT2D eigenvalue weighted by Crippen LogP contribution is 2.35. The van der Waals surface area contributed by atoms with Crippen molar-refractivity contribution in [3.63, 3.8) is 0 Å². The van der Waals surface area contributed by atoms with Crippen LogP contribution in [0.25, 0.3) is 21.9 Å². The van der Waals surface area contributed by atoms with Crippen LogP contribution in [0.5, 0.6) is 5.75 Å². The number of benzene rings is 2. The number of hydrogen-bond donors (Lipinski definition) is 0. The molecule has 0 aliphatic rings. The van der Waals surface area contributed by atoms with E-state index in [0.29, 0.717) is 34.7 Å². The number of carbonyl (C=O) groups excluding carboxylic acids is 1. The molecule has 28 heavy (non-hydrogen) atoms. The molecule has 0 spiro atoms. The molecule has 2 aromatic carbocycles. The average Bonchev–Trinajstić information content (AvgIpc) is 3.07. The number of ether oxygens (including phenoxy) is 1. The van der Waals surface area contributed by atoms with Crippen molar-refractivity contribution in [1.82, 2.24) is 0 Å². The minimum Gasteiger partial charge on any atom is -0.497 e. The predicted octanol–water partition coefficient (Wildman–Crippen LogP) is 4.96. The van der Waals surface area contributed by atoms with Crippen LogP contribution in [0.15, 0.2) is 50.0 Å². The fraction of sp³-hybridized carbons (Fsp3) is 0.217. The highest BCUT2D eigenvalue weighted by Gasteiger charge is 2.23. The van der Waals surface area contributed by atoms with Crippen LogP contribution in [-0.4, -0.2) is 12.9 Å². The quantitative estimate of drug-likeness (QED) is 0.372. The van der Waals surface area contributed by atoms with Gasteiger partial charge < -0.3 is 13.6 Å². The summed E-state index contributed by atoms with van der Waals surface area (Å²) in [7, 11) is 1.58. The van der Waals surface area contributed by atoms with E-state index in [0.717, 1.165) is 27.5 Å². The van der Waals surface area contributed by atoms with E-state index >= 15 is 0 Å². The van der Waals surface area contributed by atoms with Crippen LogP contribution in [0, 0.1) is 13.8 Å². The zero-order chi connectivity index (χ0) is 20.0. The minimum atomic E-state index is -0.399. The van der Waals surface area contributed by atoms with Crippen molar-refractivity contribution in [3.05, 3.63) is 74.8 Å². The van der Waals surface area contributed by atoms with Crippen molar-refractivity contribution in [2.75, 3.05) is 7.11 Å². The smallest absolute Gasteiger partial charge is 0.336 e. The number of ketones is 1. The molecule has 0 aliphatic heterocycles. The molecule has 0 atom stereocenters. The van der Waals surface area contributed by atoms with Gasteiger partial charge in [0, 0.05) is 33.5 Å². The van der Waals surface area contributed by atoms with E-state index in [1.54, 1.807) is 31.4 Å². The summed E-state index contributed by atoms with van der Waals surface area (Å²) in [6.45, 7) is 5.71. The first-order valence-electron chi connectivity index (χ1n) is 9.12. The number of aryl methyl sites for hydroxylation is 3. The van der Waals surface area contributed by atoms with E-state index in [9.17, 15) is 9.59 Å². The summed E-state index contributed by atoms with van der Waals surface area (Å²) in [5, 5.41) is 1.73. The summed E-state index contributed by atoms with van der Waals surface area (Å²) < 4.78 is 16.6. The summed E-state index contributed by atoms with van der Waals surface area (Å²) in [6, 6.07) is 10.4. The Morgan fingerprint density at radius 2 is 1.68 bits per heavy atom. The number of hydrogen-bond acceptors (Lipinski definition) is 5. The molecule has 0 unspecified atom stereocenters. The van der Waals surface area contributed by atoms with Crippen molar-refractivity contribution >= 4 is 27.7 Å². The Labute approximate surface area is 161 Å². The molecule has 0 saturated carbocycles. The molecule has 0 aliphatic carbocycles. The van der Waals surface area contributed by atoms with Crippen molar-refractivity contribution in [3.8, 4) is 5.75 Å². The Hall–Kier alpha value is -3.34. The first-order chi connectivity index (χ1) is 13.4. The lowest BCUT2D eigenvalue weighted by atomic mass is 9.99. The molecule has 2 aromatic heterocycles. The standard InChI is InChI=1S/C23H20O5/c1-5-16-18-11-17-12(2)10-19(24)27-21(17)13(3)22(18)28-23(16)20(25)14-6-8-15(26-4)9-7-14/h6-11H,5H2,1-4H3. The first kappa shape index (κ1) is 18.0. The van der Waals surface area contributed by atoms with Gasteiger partial charge in [-0.3, -0.25) is 4.79 Å². The Morgan fingerprint density at radius 3 is 2.32 bits per heavy atom. The fourth-order valence-corrected chi connectivity index (χ4v) is 3.64. The lowest BCUT2D eigenvalue weighted by Crippen LogP contribution is -2.02. The van der Waals surface area contributed by atoms with Crippen LogP contribution in [0.3, 0.4) is 0 Å². The maximum atomic E-state index is 13.1. The Morgan fingerprint density at radius 1 is 1.00 bits per heavy atom. The fourth-order valence-electron chi connectivity index (χ4n) is 3.64. The molecular formula is C23H20O5. The van der Waals surface area contributed by atoms with Gasteiger partial charge in [-0.25, -0.2) is 4.79 Å². The van der Waals surface area contributed by atoms with Gasteiger partial charge in [0.25, 0.3) is 0 Å². The monoisotopic (exact) mass is 376 g/mol. The molecule has 0 N–H and O–H groups in total. The van der Waals surface area contributed by atoms with Crippen molar-refractivity contribution in [2.45, 2.75) is 27.2 Å². The normalized spacial score (nSPS) is 11.3. The van der Waals surface area contributed by atoms with Crippen LogP contribution >= 0.6 is 0 Å². The molecule has 2 heterocycles. The third-order valence-corrected chi connectivity index (χ3v) is 5.14. The molecule has 0 bridgehead atoms. The summed E-state index contributed by atoms with van der Waals surface area (Å²) in [5.41, 5.74) is 3.61. The van der Waals surface area contributed by atoms with Crippen LogP contribution in [0.2, 0.25) is 0 Å². The molecule has 0 radical (unpaired) electrons. The molecule has 4 aromatic rings. The van der Waals surface area contributed by atoms with Crippen molar-refractivity contribution in [2.24, 2.45) is 0 Å².